The molecule has 7 heteroatoms. The first-order valence-electron chi connectivity index (χ1n) is 10.4. The molecule has 1 unspecified atom stereocenters. The molecule has 1 atom stereocenters. The molecule has 0 bridgehead atoms. The summed E-state index contributed by atoms with van der Waals surface area (Å²) in [5, 5.41) is 4.18. The number of nitrogens with one attached hydrogen (secondary N) is 2. The normalized spacial score (nSPS) is 18.8. The number of rotatable bonds is 3. The molecule has 5 rings (SSSR count). The first-order chi connectivity index (χ1) is 15.5. The van der Waals surface area contributed by atoms with E-state index in [0.717, 1.165) is 45.0 Å². The minimum absolute atomic E-state index is 0.0738. The van der Waals surface area contributed by atoms with E-state index < -0.39 is 0 Å². The van der Waals surface area contributed by atoms with Crippen molar-refractivity contribution >= 4 is 55.5 Å². The van der Waals surface area contributed by atoms with Gasteiger partial charge >= 0.3 is 0 Å². The van der Waals surface area contributed by atoms with Crippen LogP contribution in [0, 0.1) is 0 Å². The molecular weight excluding hydrogens is 550 g/mol. The predicted molar refractivity (Wildman–Crippen MR) is 139 cm³/mol. The zero-order valence-electron chi connectivity index (χ0n) is 17.4. The zero-order valence-corrected chi connectivity index (χ0v) is 21.4. The fraction of sp³-hybridized carbons (Fsp3) is 0.200. The van der Waals surface area contributed by atoms with E-state index in [1.807, 2.05) is 18.4 Å². The Kier molecular flexibility index (Phi) is 6.14. The van der Waals surface area contributed by atoms with Crippen molar-refractivity contribution in [3.8, 4) is 0 Å². The van der Waals surface area contributed by atoms with E-state index in [2.05, 4.69) is 84.6 Å². The van der Waals surface area contributed by atoms with Gasteiger partial charge in [0, 0.05) is 20.6 Å². The van der Waals surface area contributed by atoms with E-state index in [1.165, 1.54) is 22.9 Å². The average Bonchev–Trinajstić information content (AvgIpc) is 2.80. The molecule has 2 heterocycles. The van der Waals surface area contributed by atoms with Gasteiger partial charge in [0.25, 0.3) is 5.56 Å². The first-order valence-corrected chi connectivity index (χ1v) is 13.2. The molecule has 3 aromatic rings. The molecule has 2 aromatic carbocycles. The summed E-state index contributed by atoms with van der Waals surface area (Å²) in [7, 11) is 0. The van der Waals surface area contributed by atoms with E-state index in [9.17, 15) is 4.79 Å². The van der Waals surface area contributed by atoms with Crippen LogP contribution in [0.3, 0.4) is 0 Å². The molecule has 1 aliphatic heterocycles. The lowest BCUT2D eigenvalue weighted by Crippen LogP contribution is -2.30. The van der Waals surface area contributed by atoms with Crippen LogP contribution in [0.4, 0.5) is 5.82 Å². The van der Waals surface area contributed by atoms with Crippen LogP contribution in [0.5, 0.6) is 0 Å². The summed E-state index contributed by atoms with van der Waals surface area (Å²) in [6, 6.07) is 16.6. The Balaban J connectivity index is 1.70. The van der Waals surface area contributed by atoms with Gasteiger partial charge in [-0.05, 0) is 78.1 Å². The Morgan fingerprint density at radius 2 is 1.72 bits per heavy atom. The van der Waals surface area contributed by atoms with Gasteiger partial charge in [-0.3, -0.25) is 4.79 Å². The number of anilines is 1. The van der Waals surface area contributed by atoms with Gasteiger partial charge < -0.3 is 10.3 Å². The van der Waals surface area contributed by atoms with Crippen molar-refractivity contribution in [3.05, 3.63) is 101 Å². The third-order valence-electron chi connectivity index (χ3n) is 5.96. The predicted octanol–water partition coefficient (Wildman–Crippen LogP) is 7.10. The second-order valence-corrected chi connectivity index (χ2v) is 10.5. The fourth-order valence-electron chi connectivity index (χ4n) is 4.52. The monoisotopic (exact) mass is 569 g/mol. The van der Waals surface area contributed by atoms with E-state index in [1.54, 1.807) is 0 Å². The molecule has 0 saturated carbocycles. The molecule has 32 heavy (non-hydrogen) atoms. The molecular formula is C25H21Br2N3OS. The number of nitrogens with zero attached hydrogens (tertiary/aromatic N) is 1. The molecule has 2 aliphatic rings. The van der Waals surface area contributed by atoms with Crippen LogP contribution < -0.4 is 10.9 Å². The average molecular weight is 571 g/mol. The second-order valence-electron chi connectivity index (χ2n) is 7.92. The molecule has 0 fully saturated rings. The van der Waals surface area contributed by atoms with Gasteiger partial charge in [0.2, 0.25) is 0 Å². The standard InChI is InChI=1S/C25H21Br2N3OS/c1-32-25-29-23-21(24(31)30-25)20(15-7-11-18(27)12-8-15)19-4-2-3-16(22(19)28-23)13-14-5-9-17(26)10-6-14/h5-13,20H,2-4H2,1H3,(H2,28,29,30,31)/b16-13+. The summed E-state index contributed by atoms with van der Waals surface area (Å²) in [6.45, 7) is 0. The SMILES string of the molecule is CSc1nc2c(c(=O)[nH]1)C(c1ccc(Br)cc1)C1=C(N2)/C(=C/c2ccc(Br)cc2)CCC1. The van der Waals surface area contributed by atoms with Crippen molar-refractivity contribution in [1.29, 1.82) is 0 Å². The molecule has 0 spiro atoms. The number of hydrogen-bond donors (Lipinski definition) is 2. The number of fused-ring (bicyclic) bond motifs is 1. The number of aromatic nitrogens is 2. The van der Waals surface area contributed by atoms with Crippen molar-refractivity contribution in [3.63, 3.8) is 0 Å². The topological polar surface area (TPSA) is 57.8 Å². The van der Waals surface area contributed by atoms with Gasteiger partial charge in [-0.15, -0.1) is 0 Å². The van der Waals surface area contributed by atoms with Crippen LogP contribution in [0.1, 0.15) is 41.9 Å². The van der Waals surface area contributed by atoms with Crippen molar-refractivity contribution in [2.75, 3.05) is 11.6 Å². The highest BCUT2D eigenvalue weighted by atomic mass is 79.9. The fourth-order valence-corrected chi connectivity index (χ4v) is 5.42. The molecule has 1 aromatic heterocycles. The maximum absolute atomic E-state index is 13.2. The summed E-state index contributed by atoms with van der Waals surface area (Å²) in [5.41, 5.74) is 6.53. The van der Waals surface area contributed by atoms with E-state index in [0.29, 0.717) is 16.5 Å². The lowest BCUT2D eigenvalue weighted by molar-refractivity contribution is 0.695. The van der Waals surface area contributed by atoms with Crippen molar-refractivity contribution < 1.29 is 0 Å². The lowest BCUT2D eigenvalue weighted by Gasteiger charge is -2.35. The van der Waals surface area contributed by atoms with Crippen molar-refractivity contribution in [2.45, 2.75) is 30.3 Å². The lowest BCUT2D eigenvalue weighted by atomic mass is 9.75. The third-order valence-corrected chi connectivity index (χ3v) is 7.59. The van der Waals surface area contributed by atoms with Gasteiger partial charge in [0.15, 0.2) is 5.16 Å². The number of halogens is 2. The van der Waals surface area contributed by atoms with Crippen LogP contribution in [-0.4, -0.2) is 16.2 Å². The van der Waals surface area contributed by atoms with Crippen LogP contribution in [0.15, 0.2) is 84.3 Å². The van der Waals surface area contributed by atoms with Gasteiger partial charge in [0.05, 0.1) is 5.56 Å². The number of H-pyrrole nitrogens is 1. The van der Waals surface area contributed by atoms with Crippen molar-refractivity contribution in [1.82, 2.24) is 9.97 Å². The van der Waals surface area contributed by atoms with Gasteiger partial charge in [-0.2, -0.15) is 0 Å². The highest BCUT2D eigenvalue weighted by molar-refractivity contribution is 9.10. The Labute approximate surface area is 207 Å². The number of hydrogen-bond acceptors (Lipinski definition) is 4. The van der Waals surface area contributed by atoms with Crippen LogP contribution in [-0.2, 0) is 0 Å². The van der Waals surface area contributed by atoms with Gasteiger partial charge in [-0.25, -0.2) is 4.98 Å². The molecule has 0 saturated heterocycles. The molecule has 4 nitrogen and oxygen atoms in total. The van der Waals surface area contributed by atoms with Gasteiger partial charge in [0.1, 0.15) is 5.82 Å². The third kappa shape index (κ3) is 4.14. The minimum atomic E-state index is -0.116. The Bertz CT molecular complexity index is 1290. The molecule has 162 valence electrons. The van der Waals surface area contributed by atoms with Gasteiger partial charge in [-0.1, -0.05) is 67.9 Å². The van der Waals surface area contributed by atoms with E-state index >= 15 is 0 Å². The molecule has 0 amide bonds. The van der Waals surface area contributed by atoms with E-state index in [4.69, 9.17) is 4.98 Å². The summed E-state index contributed by atoms with van der Waals surface area (Å²) < 4.78 is 2.09. The summed E-state index contributed by atoms with van der Waals surface area (Å²) >= 11 is 8.49. The summed E-state index contributed by atoms with van der Waals surface area (Å²) in [5.74, 6) is 0.545. The first kappa shape index (κ1) is 21.7. The minimum Gasteiger partial charge on any atom is -0.340 e. The number of thioether (sulfide) groups is 1. The zero-order chi connectivity index (χ0) is 22.2. The molecule has 0 radical (unpaired) electrons. The summed E-state index contributed by atoms with van der Waals surface area (Å²) in [4.78, 5) is 20.9. The smallest absolute Gasteiger partial charge is 0.257 e. The second kappa shape index (κ2) is 9.04. The Morgan fingerprint density at radius 3 is 2.41 bits per heavy atom. The Morgan fingerprint density at radius 1 is 1.03 bits per heavy atom. The maximum Gasteiger partial charge on any atom is 0.257 e. The maximum atomic E-state index is 13.2. The number of aromatic amines is 1. The van der Waals surface area contributed by atoms with Crippen molar-refractivity contribution in [2.24, 2.45) is 0 Å². The molecule has 1 aliphatic carbocycles. The number of allylic oxidation sites excluding steroid dienone is 2. The number of benzene rings is 2. The Hall–Kier alpha value is -2.09. The quantitative estimate of drug-likeness (QED) is 0.260. The van der Waals surface area contributed by atoms with Crippen LogP contribution >= 0.6 is 43.6 Å². The largest absolute Gasteiger partial charge is 0.340 e. The highest BCUT2D eigenvalue weighted by Gasteiger charge is 2.35. The van der Waals surface area contributed by atoms with Crippen LogP contribution in [0.25, 0.3) is 6.08 Å². The van der Waals surface area contributed by atoms with E-state index in [-0.39, 0.29) is 11.5 Å². The molecule has 2 N–H and O–H groups in total. The van der Waals surface area contributed by atoms with Crippen LogP contribution in [0.2, 0.25) is 0 Å². The highest BCUT2D eigenvalue weighted by Crippen LogP contribution is 2.46. The summed E-state index contributed by atoms with van der Waals surface area (Å²) in [6.07, 6.45) is 7.16.